The van der Waals surface area contributed by atoms with Crippen LogP contribution in [-0.2, 0) is 0 Å². The molecule has 0 saturated carbocycles. The second-order valence-electron chi connectivity index (χ2n) is 3.80. The molecule has 0 amide bonds. The third-order valence-corrected chi connectivity index (χ3v) is 2.40. The summed E-state index contributed by atoms with van der Waals surface area (Å²) >= 11 is 0. The van der Waals surface area contributed by atoms with Gasteiger partial charge in [-0.3, -0.25) is 4.79 Å². The predicted molar refractivity (Wildman–Crippen MR) is 70.0 cm³/mol. The van der Waals surface area contributed by atoms with Gasteiger partial charge in [0.15, 0.2) is 0 Å². The minimum Gasteiger partial charge on any atom is -0.322 e. The van der Waals surface area contributed by atoms with Gasteiger partial charge in [-0.1, -0.05) is 45.9 Å². The molecule has 1 N–H and O–H groups in total. The third kappa shape index (κ3) is 2.51. The van der Waals surface area contributed by atoms with E-state index in [2.05, 4.69) is 4.98 Å². The number of hydrogen-bond acceptors (Lipinski definition) is 1. The predicted octanol–water partition coefficient (Wildman–Crippen LogP) is 3.68. The lowest BCUT2D eigenvalue weighted by Gasteiger charge is -2.05. The first-order chi connectivity index (χ1) is 7.68. The molecule has 0 bridgehead atoms. The SMILES string of the molecule is CC.CC(C)c1cc2ccccc2[nH]c1=O. The van der Waals surface area contributed by atoms with Gasteiger partial charge in [-0.2, -0.15) is 0 Å². The van der Waals surface area contributed by atoms with Crippen LogP contribution < -0.4 is 5.56 Å². The van der Waals surface area contributed by atoms with Gasteiger partial charge in [-0.25, -0.2) is 0 Å². The summed E-state index contributed by atoms with van der Waals surface area (Å²) in [5.41, 5.74) is 1.78. The molecular formula is C14H19NO. The van der Waals surface area contributed by atoms with Gasteiger partial charge < -0.3 is 4.98 Å². The molecule has 0 atom stereocenters. The second-order valence-corrected chi connectivity index (χ2v) is 3.80. The van der Waals surface area contributed by atoms with Gasteiger partial charge in [0.25, 0.3) is 5.56 Å². The molecule has 0 aliphatic heterocycles. The Morgan fingerprint density at radius 3 is 2.38 bits per heavy atom. The van der Waals surface area contributed by atoms with Crippen LogP contribution in [0.1, 0.15) is 39.2 Å². The van der Waals surface area contributed by atoms with E-state index in [-0.39, 0.29) is 11.5 Å². The first-order valence-corrected chi connectivity index (χ1v) is 5.80. The first kappa shape index (κ1) is 12.5. The fourth-order valence-electron chi connectivity index (χ4n) is 1.59. The molecule has 0 saturated heterocycles. The highest BCUT2D eigenvalue weighted by Gasteiger charge is 2.05. The zero-order chi connectivity index (χ0) is 12.1. The largest absolute Gasteiger partial charge is 0.322 e. The normalized spacial score (nSPS) is 10.1. The molecule has 2 rings (SSSR count). The van der Waals surface area contributed by atoms with E-state index >= 15 is 0 Å². The molecule has 0 aliphatic rings. The summed E-state index contributed by atoms with van der Waals surface area (Å²) < 4.78 is 0. The fourth-order valence-corrected chi connectivity index (χ4v) is 1.59. The summed E-state index contributed by atoms with van der Waals surface area (Å²) in [4.78, 5) is 14.5. The molecule has 0 radical (unpaired) electrons. The summed E-state index contributed by atoms with van der Waals surface area (Å²) in [5.74, 6) is 0.267. The fraction of sp³-hybridized carbons (Fsp3) is 0.357. The molecule has 2 heteroatoms. The van der Waals surface area contributed by atoms with Crippen molar-refractivity contribution in [2.45, 2.75) is 33.6 Å². The maximum atomic E-state index is 11.6. The Balaban J connectivity index is 0.000000606. The van der Waals surface area contributed by atoms with E-state index in [1.165, 1.54) is 0 Å². The van der Waals surface area contributed by atoms with Gasteiger partial charge in [0, 0.05) is 11.1 Å². The van der Waals surface area contributed by atoms with Crippen LogP contribution in [0.2, 0.25) is 0 Å². The second kappa shape index (κ2) is 5.50. The molecular weight excluding hydrogens is 198 g/mol. The van der Waals surface area contributed by atoms with Crippen molar-refractivity contribution >= 4 is 10.9 Å². The number of aromatic nitrogens is 1. The number of H-pyrrole nitrogens is 1. The van der Waals surface area contributed by atoms with Gasteiger partial charge >= 0.3 is 0 Å². The average molecular weight is 217 g/mol. The monoisotopic (exact) mass is 217 g/mol. The Morgan fingerprint density at radius 2 is 1.75 bits per heavy atom. The maximum Gasteiger partial charge on any atom is 0.251 e. The number of pyridine rings is 1. The highest BCUT2D eigenvalue weighted by molar-refractivity contribution is 5.78. The topological polar surface area (TPSA) is 32.9 Å². The highest BCUT2D eigenvalue weighted by Crippen LogP contribution is 2.15. The minimum atomic E-state index is 0.0266. The molecule has 2 nitrogen and oxygen atoms in total. The number of aromatic amines is 1. The number of rotatable bonds is 1. The Hall–Kier alpha value is -1.57. The molecule has 16 heavy (non-hydrogen) atoms. The zero-order valence-electron chi connectivity index (χ0n) is 10.4. The Morgan fingerprint density at radius 1 is 1.12 bits per heavy atom. The van der Waals surface area contributed by atoms with E-state index in [9.17, 15) is 4.79 Å². The number of fused-ring (bicyclic) bond motifs is 1. The van der Waals surface area contributed by atoms with E-state index in [4.69, 9.17) is 0 Å². The van der Waals surface area contributed by atoms with Crippen molar-refractivity contribution < 1.29 is 0 Å². The van der Waals surface area contributed by atoms with Crippen molar-refractivity contribution in [2.24, 2.45) is 0 Å². The van der Waals surface area contributed by atoms with Crippen LogP contribution in [0.5, 0.6) is 0 Å². The van der Waals surface area contributed by atoms with Gasteiger partial charge in [0.05, 0.1) is 0 Å². The number of hydrogen-bond donors (Lipinski definition) is 1. The Labute approximate surface area is 96.3 Å². The van der Waals surface area contributed by atoms with Crippen molar-refractivity contribution in [1.82, 2.24) is 4.98 Å². The molecule has 1 aromatic carbocycles. The lowest BCUT2D eigenvalue weighted by molar-refractivity contribution is 0.849. The van der Waals surface area contributed by atoms with Gasteiger partial charge in [-0.15, -0.1) is 0 Å². The number of para-hydroxylation sites is 1. The maximum absolute atomic E-state index is 11.6. The molecule has 2 aromatic rings. The van der Waals surface area contributed by atoms with E-state index in [0.717, 1.165) is 16.5 Å². The van der Waals surface area contributed by atoms with Crippen LogP contribution in [0.3, 0.4) is 0 Å². The molecule has 0 fully saturated rings. The lowest BCUT2D eigenvalue weighted by atomic mass is 10.0. The number of benzene rings is 1. The highest BCUT2D eigenvalue weighted by atomic mass is 16.1. The quantitative estimate of drug-likeness (QED) is 0.776. The van der Waals surface area contributed by atoms with Crippen molar-refractivity contribution in [1.29, 1.82) is 0 Å². The third-order valence-electron chi connectivity index (χ3n) is 2.40. The summed E-state index contributed by atoms with van der Waals surface area (Å²) in [6.07, 6.45) is 0. The summed E-state index contributed by atoms with van der Waals surface area (Å²) in [6.45, 7) is 8.05. The summed E-state index contributed by atoms with van der Waals surface area (Å²) in [7, 11) is 0. The van der Waals surface area contributed by atoms with Crippen LogP contribution in [0.15, 0.2) is 35.1 Å². The smallest absolute Gasteiger partial charge is 0.251 e. The summed E-state index contributed by atoms with van der Waals surface area (Å²) in [6, 6.07) is 9.80. The molecule has 1 aromatic heterocycles. The molecule has 86 valence electrons. The molecule has 1 heterocycles. The first-order valence-electron chi connectivity index (χ1n) is 5.80. The van der Waals surface area contributed by atoms with E-state index in [0.29, 0.717) is 0 Å². The van der Waals surface area contributed by atoms with Gasteiger partial charge in [-0.05, 0) is 23.4 Å². The van der Waals surface area contributed by atoms with Gasteiger partial charge in [0.1, 0.15) is 0 Å². The lowest BCUT2D eigenvalue weighted by Crippen LogP contribution is -2.13. The van der Waals surface area contributed by atoms with E-state index in [1.807, 2.05) is 58.0 Å². The molecule has 0 spiro atoms. The Kier molecular flexibility index (Phi) is 4.29. The molecule has 0 aliphatic carbocycles. The van der Waals surface area contributed by atoms with Crippen molar-refractivity contribution in [3.8, 4) is 0 Å². The van der Waals surface area contributed by atoms with E-state index in [1.54, 1.807) is 0 Å². The summed E-state index contributed by atoms with van der Waals surface area (Å²) in [5, 5.41) is 1.09. The van der Waals surface area contributed by atoms with Crippen LogP contribution in [0.4, 0.5) is 0 Å². The Bertz CT molecular complexity index is 511. The van der Waals surface area contributed by atoms with Crippen molar-refractivity contribution in [3.05, 3.63) is 46.2 Å². The van der Waals surface area contributed by atoms with Crippen molar-refractivity contribution in [2.75, 3.05) is 0 Å². The van der Waals surface area contributed by atoms with Crippen LogP contribution in [0, 0.1) is 0 Å². The van der Waals surface area contributed by atoms with Crippen LogP contribution in [0.25, 0.3) is 10.9 Å². The standard InChI is InChI=1S/C12H13NO.C2H6/c1-8(2)10-7-9-5-3-4-6-11(9)13-12(10)14;1-2/h3-8H,1-2H3,(H,13,14);1-2H3. The zero-order valence-corrected chi connectivity index (χ0v) is 10.4. The average Bonchev–Trinajstić information content (AvgIpc) is 2.30. The molecule has 0 unspecified atom stereocenters. The minimum absolute atomic E-state index is 0.0266. The van der Waals surface area contributed by atoms with Crippen LogP contribution >= 0.6 is 0 Å². The van der Waals surface area contributed by atoms with E-state index < -0.39 is 0 Å². The van der Waals surface area contributed by atoms with Crippen molar-refractivity contribution in [3.63, 3.8) is 0 Å². The number of nitrogens with one attached hydrogen (secondary N) is 1. The van der Waals surface area contributed by atoms with Gasteiger partial charge in [0.2, 0.25) is 0 Å². The van der Waals surface area contributed by atoms with Crippen LogP contribution in [-0.4, -0.2) is 4.98 Å².